The first-order chi connectivity index (χ1) is 9.63. The minimum Gasteiger partial charge on any atom is -0.481 e. The Morgan fingerprint density at radius 1 is 1.10 bits per heavy atom. The lowest BCUT2D eigenvalue weighted by Gasteiger charge is -2.10. The quantitative estimate of drug-likeness (QED) is 0.819. The number of fused-ring (bicyclic) bond motifs is 1. The molecule has 4 heteroatoms. The van der Waals surface area contributed by atoms with Crippen LogP contribution in [0.25, 0.3) is 10.8 Å². The molecule has 1 N–H and O–H groups in total. The minimum atomic E-state index is -1.03. The van der Waals surface area contributed by atoms with Crippen molar-refractivity contribution in [2.75, 3.05) is 6.61 Å². The Kier molecular flexibility index (Phi) is 4.35. The third-order valence-electron chi connectivity index (χ3n) is 3.01. The molecule has 0 amide bonds. The molecule has 0 unspecified atom stereocenters. The predicted molar refractivity (Wildman–Crippen MR) is 76.3 cm³/mol. The number of carbonyl (C=O) groups excluding carboxylic acids is 1. The summed E-state index contributed by atoms with van der Waals surface area (Å²) in [6, 6.07) is 10.7. The molecule has 20 heavy (non-hydrogen) atoms. The molecule has 0 heterocycles. The Morgan fingerprint density at radius 2 is 1.80 bits per heavy atom. The van der Waals surface area contributed by atoms with E-state index < -0.39 is 12.6 Å². The standard InChI is InChI=1S/C16H16O4/c1-2-5-14(17)12-7-3-8-13-11(12)6-4-9-15(13)20-10-16(18)19/h3-4,6-9H,2,5,10H2,1H3,(H,18,19). The Balaban J connectivity index is 2.46. The van der Waals surface area contributed by atoms with Gasteiger partial charge in [0.2, 0.25) is 0 Å². The summed E-state index contributed by atoms with van der Waals surface area (Å²) in [5.74, 6) is -0.454. The normalized spacial score (nSPS) is 10.4. The second-order valence-electron chi connectivity index (χ2n) is 4.51. The fourth-order valence-corrected chi connectivity index (χ4v) is 2.15. The lowest BCUT2D eigenvalue weighted by Crippen LogP contribution is -2.09. The fraction of sp³-hybridized carbons (Fsp3) is 0.250. The number of benzene rings is 2. The van der Waals surface area contributed by atoms with Gasteiger partial charge in [-0.05, 0) is 17.9 Å². The van der Waals surface area contributed by atoms with Crippen molar-refractivity contribution >= 4 is 22.5 Å². The summed E-state index contributed by atoms with van der Waals surface area (Å²) in [5.41, 5.74) is 0.658. The van der Waals surface area contributed by atoms with Crippen molar-refractivity contribution in [3.8, 4) is 5.75 Å². The molecule has 0 atom stereocenters. The third-order valence-corrected chi connectivity index (χ3v) is 3.01. The first-order valence-electron chi connectivity index (χ1n) is 6.53. The van der Waals surface area contributed by atoms with Gasteiger partial charge in [0.15, 0.2) is 12.4 Å². The summed E-state index contributed by atoms with van der Waals surface area (Å²) in [7, 11) is 0. The minimum absolute atomic E-state index is 0.0912. The molecule has 0 spiro atoms. The molecule has 0 saturated heterocycles. The van der Waals surface area contributed by atoms with Crippen molar-refractivity contribution in [2.45, 2.75) is 19.8 Å². The summed E-state index contributed by atoms with van der Waals surface area (Å²) in [6.07, 6.45) is 1.30. The van der Waals surface area contributed by atoms with Crippen LogP contribution in [-0.4, -0.2) is 23.5 Å². The van der Waals surface area contributed by atoms with E-state index in [-0.39, 0.29) is 5.78 Å². The van der Waals surface area contributed by atoms with E-state index in [4.69, 9.17) is 9.84 Å². The highest BCUT2D eigenvalue weighted by atomic mass is 16.5. The summed E-state index contributed by atoms with van der Waals surface area (Å²) < 4.78 is 5.26. The molecule has 0 radical (unpaired) electrons. The number of ether oxygens (including phenoxy) is 1. The largest absolute Gasteiger partial charge is 0.481 e. The van der Waals surface area contributed by atoms with Crippen LogP contribution in [0, 0.1) is 0 Å². The fourth-order valence-electron chi connectivity index (χ4n) is 2.15. The smallest absolute Gasteiger partial charge is 0.341 e. The van der Waals surface area contributed by atoms with Crippen LogP contribution in [0.4, 0.5) is 0 Å². The maximum Gasteiger partial charge on any atom is 0.341 e. The molecule has 0 aromatic heterocycles. The molecule has 4 nitrogen and oxygen atoms in total. The highest BCUT2D eigenvalue weighted by Crippen LogP contribution is 2.28. The Hall–Kier alpha value is -2.36. The van der Waals surface area contributed by atoms with Gasteiger partial charge in [-0.3, -0.25) is 4.79 Å². The molecule has 0 aliphatic heterocycles. The number of carbonyl (C=O) groups is 2. The van der Waals surface area contributed by atoms with Crippen LogP contribution in [0.2, 0.25) is 0 Å². The number of carboxylic acids is 1. The van der Waals surface area contributed by atoms with Gasteiger partial charge in [-0.2, -0.15) is 0 Å². The van der Waals surface area contributed by atoms with Gasteiger partial charge < -0.3 is 9.84 Å². The molecule has 0 aliphatic rings. The van der Waals surface area contributed by atoms with Crippen molar-refractivity contribution in [3.63, 3.8) is 0 Å². The third kappa shape index (κ3) is 2.96. The van der Waals surface area contributed by atoms with E-state index in [0.717, 1.165) is 17.2 Å². The number of Topliss-reactive ketones (excluding diaryl/α,β-unsaturated/α-hetero) is 1. The first kappa shape index (κ1) is 14.1. The molecule has 0 bridgehead atoms. The zero-order valence-electron chi connectivity index (χ0n) is 11.3. The molecule has 0 fully saturated rings. The van der Waals surface area contributed by atoms with Gasteiger partial charge in [0, 0.05) is 17.4 Å². The number of carboxylic acid groups (broad SMARTS) is 1. The van der Waals surface area contributed by atoms with Gasteiger partial charge in [-0.1, -0.05) is 37.3 Å². The summed E-state index contributed by atoms with van der Waals surface area (Å²) in [4.78, 5) is 22.7. The van der Waals surface area contributed by atoms with Crippen LogP contribution in [0.1, 0.15) is 30.1 Å². The Morgan fingerprint density at radius 3 is 2.50 bits per heavy atom. The van der Waals surface area contributed by atoms with Gasteiger partial charge in [-0.15, -0.1) is 0 Å². The lowest BCUT2D eigenvalue weighted by molar-refractivity contribution is -0.139. The van der Waals surface area contributed by atoms with Crippen LogP contribution in [0.15, 0.2) is 36.4 Å². The Labute approximate surface area is 117 Å². The molecule has 104 valence electrons. The van der Waals surface area contributed by atoms with E-state index in [1.165, 1.54) is 0 Å². The average molecular weight is 272 g/mol. The molecular weight excluding hydrogens is 256 g/mol. The molecule has 2 aromatic rings. The highest BCUT2D eigenvalue weighted by Gasteiger charge is 2.11. The van der Waals surface area contributed by atoms with Gasteiger partial charge in [0.1, 0.15) is 5.75 Å². The van der Waals surface area contributed by atoms with E-state index in [1.807, 2.05) is 19.1 Å². The molecule has 2 aromatic carbocycles. The summed E-state index contributed by atoms with van der Waals surface area (Å²) >= 11 is 0. The second kappa shape index (κ2) is 6.19. The highest BCUT2D eigenvalue weighted by molar-refractivity contribution is 6.09. The van der Waals surface area contributed by atoms with Crippen molar-refractivity contribution < 1.29 is 19.4 Å². The number of hydrogen-bond acceptors (Lipinski definition) is 3. The van der Waals surface area contributed by atoms with Crippen LogP contribution in [0.5, 0.6) is 5.75 Å². The van der Waals surface area contributed by atoms with E-state index in [9.17, 15) is 9.59 Å². The first-order valence-corrected chi connectivity index (χ1v) is 6.53. The topological polar surface area (TPSA) is 63.6 Å². The molecule has 2 rings (SSSR count). The Bertz CT molecular complexity index is 646. The zero-order chi connectivity index (χ0) is 14.5. The SMILES string of the molecule is CCCC(=O)c1cccc2c(OCC(=O)O)cccc12. The van der Waals surface area contributed by atoms with E-state index in [1.54, 1.807) is 24.3 Å². The van der Waals surface area contributed by atoms with Gasteiger partial charge in [0.05, 0.1) is 0 Å². The monoisotopic (exact) mass is 272 g/mol. The van der Waals surface area contributed by atoms with Crippen LogP contribution < -0.4 is 4.74 Å². The average Bonchev–Trinajstić information content (AvgIpc) is 2.44. The van der Waals surface area contributed by atoms with Crippen molar-refractivity contribution in [3.05, 3.63) is 42.0 Å². The van der Waals surface area contributed by atoms with Crippen LogP contribution >= 0.6 is 0 Å². The van der Waals surface area contributed by atoms with E-state index in [2.05, 4.69) is 0 Å². The van der Waals surface area contributed by atoms with Gasteiger partial charge >= 0.3 is 5.97 Å². The van der Waals surface area contributed by atoms with Crippen molar-refractivity contribution in [1.82, 2.24) is 0 Å². The van der Waals surface area contributed by atoms with Crippen molar-refractivity contribution in [2.24, 2.45) is 0 Å². The van der Waals surface area contributed by atoms with E-state index in [0.29, 0.717) is 17.7 Å². The zero-order valence-corrected chi connectivity index (χ0v) is 11.3. The van der Waals surface area contributed by atoms with Crippen LogP contribution in [-0.2, 0) is 4.79 Å². The molecule has 0 saturated carbocycles. The lowest BCUT2D eigenvalue weighted by atomic mass is 9.99. The second-order valence-corrected chi connectivity index (χ2v) is 4.51. The number of ketones is 1. The molecular formula is C16H16O4. The molecule has 0 aliphatic carbocycles. The van der Waals surface area contributed by atoms with Gasteiger partial charge in [0.25, 0.3) is 0 Å². The van der Waals surface area contributed by atoms with Crippen molar-refractivity contribution in [1.29, 1.82) is 0 Å². The van der Waals surface area contributed by atoms with Crippen LogP contribution in [0.3, 0.4) is 0 Å². The maximum atomic E-state index is 12.1. The predicted octanol–water partition coefficient (Wildman–Crippen LogP) is 3.29. The maximum absolute atomic E-state index is 12.1. The summed E-state index contributed by atoms with van der Waals surface area (Å²) in [5, 5.41) is 10.2. The summed E-state index contributed by atoms with van der Waals surface area (Å²) in [6.45, 7) is 1.57. The number of rotatable bonds is 6. The number of aliphatic carboxylic acids is 1. The van der Waals surface area contributed by atoms with Gasteiger partial charge in [-0.25, -0.2) is 4.79 Å². The van der Waals surface area contributed by atoms with E-state index >= 15 is 0 Å². The number of hydrogen-bond donors (Lipinski definition) is 1.